The van der Waals surface area contributed by atoms with Crippen LogP contribution in [0.15, 0.2) is 29.1 Å². The number of aromatic amines is 1. The number of carbonyl (C=O) groups is 1. The molecule has 6 heteroatoms. The van der Waals surface area contributed by atoms with E-state index in [0.717, 1.165) is 31.7 Å². The van der Waals surface area contributed by atoms with E-state index in [2.05, 4.69) is 9.88 Å². The molecule has 0 radical (unpaired) electrons. The molecule has 0 spiro atoms. The quantitative estimate of drug-likeness (QED) is 0.900. The van der Waals surface area contributed by atoms with Crippen molar-refractivity contribution in [2.24, 2.45) is 0 Å². The molecule has 1 atom stereocenters. The van der Waals surface area contributed by atoms with Crippen molar-refractivity contribution in [2.45, 2.75) is 32.3 Å². The van der Waals surface area contributed by atoms with Gasteiger partial charge < -0.3 is 19.5 Å². The Labute approximate surface area is 159 Å². The predicted molar refractivity (Wildman–Crippen MR) is 105 cm³/mol. The van der Waals surface area contributed by atoms with Crippen molar-refractivity contribution >= 4 is 16.8 Å². The van der Waals surface area contributed by atoms with E-state index < -0.39 is 0 Å². The highest BCUT2D eigenvalue weighted by Gasteiger charge is 2.27. The minimum atomic E-state index is -0.0537. The van der Waals surface area contributed by atoms with Gasteiger partial charge in [0.05, 0.1) is 17.2 Å². The van der Waals surface area contributed by atoms with E-state index in [9.17, 15) is 9.59 Å². The van der Waals surface area contributed by atoms with E-state index in [1.54, 1.807) is 24.3 Å². The minimum absolute atomic E-state index is 0.0289. The summed E-state index contributed by atoms with van der Waals surface area (Å²) in [6.45, 7) is 6.94. The molecular formula is C21H27N3O3. The minimum Gasteiger partial charge on any atom is -0.375 e. The number of carbonyl (C=O) groups excluding carboxylic acids is 1. The molecule has 0 unspecified atom stereocenters. The molecule has 0 saturated carbocycles. The highest BCUT2D eigenvalue weighted by atomic mass is 16.5. The number of amides is 1. The van der Waals surface area contributed by atoms with E-state index >= 15 is 0 Å². The van der Waals surface area contributed by atoms with E-state index in [1.807, 2.05) is 11.8 Å². The molecule has 2 fully saturated rings. The number of nitrogens with one attached hydrogen (secondary N) is 1. The van der Waals surface area contributed by atoms with Crippen LogP contribution >= 0.6 is 0 Å². The van der Waals surface area contributed by atoms with Gasteiger partial charge in [-0.15, -0.1) is 0 Å². The molecule has 1 aromatic heterocycles. The summed E-state index contributed by atoms with van der Waals surface area (Å²) in [4.78, 5) is 33.1. The summed E-state index contributed by atoms with van der Waals surface area (Å²) < 4.78 is 6.01. The van der Waals surface area contributed by atoms with Gasteiger partial charge in [-0.25, -0.2) is 0 Å². The summed E-state index contributed by atoms with van der Waals surface area (Å²) in [7, 11) is 0. The fourth-order valence-corrected chi connectivity index (χ4v) is 4.19. The lowest BCUT2D eigenvalue weighted by Gasteiger charge is -2.27. The van der Waals surface area contributed by atoms with Crippen molar-refractivity contribution in [3.05, 3.63) is 45.7 Å². The second kappa shape index (κ2) is 7.82. The van der Waals surface area contributed by atoms with Crippen LogP contribution in [0, 0.1) is 6.92 Å². The van der Waals surface area contributed by atoms with Crippen LogP contribution in [0.4, 0.5) is 0 Å². The zero-order valence-electron chi connectivity index (χ0n) is 15.9. The van der Waals surface area contributed by atoms with Crippen LogP contribution in [0.3, 0.4) is 0 Å². The third-order valence-corrected chi connectivity index (χ3v) is 5.53. The normalized spacial score (nSPS) is 21.5. The van der Waals surface area contributed by atoms with E-state index in [1.165, 1.54) is 12.8 Å². The molecule has 2 saturated heterocycles. The first-order valence-electron chi connectivity index (χ1n) is 9.88. The molecule has 2 aromatic rings. The van der Waals surface area contributed by atoms with Gasteiger partial charge >= 0.3 is 0 Å². The Hall–Kier alpha value is -2.18. The molecule has 0 aliphatic carbocycles. The van der Waals surface area contributed by atoms with Crippen LogP contribution < -0.4 is 5.43 Å². The van der Waals surface area contributed by atoms with Gasteiger partial charge in [0, 0.05) is 43.4 Å². The number of benzene rings is 1. The average Bonchev–Trinajstić information content (AvgIpc) is 3.04. The standard InChI is InChI=1S/C21H27N3O3/c1-15-12-19(25)17-6-4-7-18(20(17)22-15)21(26)24-10-5-11-27-16(14-24)13-23-8-2-3-9-23/h4,6-7,12,16H,2-3,5,8-11,13-14H2,1H3,(H,22,25)/t16-/m0/s1. The van der Waals surface area contributed by atoms with Gasteiger partial charge in [-0.3, -0.25) is 9.59 Å². The Morgan fingerprint density at radius 1 is 1.22 bits per heavy atom. The molecule has 2 aliphatic heterocycles. The Bertz CT molecular complexity index is 886. The van der Waals surface area contributed by atoms with Crippen LogP contribution in [0.5, 0.6) is 0 Å². The zero-order valence-corrected chi connectivity index (χ0v) is 15.9. The number of H-pyrrole nitrogens is 1. The lowest BCUT2D eigenvalue weighted by molar-refractivity contribution is 0.0298. The molecule has 3 heterocycles. The topological polar surface area (TPSA) is 65.6 Å². The number of nitrogens with zero attached hydrogens (tertiary/aromatic N) is 2. The molecule has 0 bridgehead atoms. The largest absolute Gasteiger partial charge is 0.375 e. The maximum atomic E-state index is 13.3. The van der Waals surface area contributed by atoms with Crippen molar-refractivity contribution in [1.29, 1.82) is 0 Å². The first-order chi connectivity index (χ1) is 13.1. The molecule has 1 amide bonds. The predicted octanol–water partition coefficient (Wildman–Crippen LogP) is 2.16. The smallest absolute Gasteiger partial charge is 0.256 e. The van der Waals surface area contributed by atoms with Crippen LogP contribution in [0.25, 0.3) is 10.9 Å². The number of ether oxygens (including phenoxy) is 1. The monoisotopic (exact) mass is 369 g/mol. The lowest BCUT2D eigenvalue weighted by Crippen LogP contribution is -2.42. The highest BCUT2D eigenvalue weighted by Crippen LogP contribution is 2.19. The first-order valence-corrected chi connectivity index (χ1v) is 9.88. The molecule has 2 aliphatic rings. The van der Waals surface area contributed by atoms with Gasteiger partial charge in [0.15, 0.2) is 5.43 Å². The highest BCUT2D eigenvalue weighted by molar-refractivity contribution is 6.05. The summed E-state index contributed by atoms with van der Waals surface area (Å²) in [5.41, 5.74) is 1.91. The summed E-state index contributed by atoms with van der Waals surface area (Å²) in [6, 6.07) is 6.94. The summed E-state index contributed by atoms with van der Waals surface area (Å²) in [5.74, 6) is -0.0289. The number of hydrogen-bond donors (Lipinski definition) is 1. The number of fused-ring (bicyclic) bond motifs is 1. The summed E-state index contributed by atoms with van der Waals surface area (Å²) in [6.07, 6.45) is 3.38. The number of hydrogen-bond acceptors (Lipinski definition) is 4. The van der Waals surface area contributed by atoms with Gasteiger partial charge in [0.2, 0.25) is 0 Å². The Morgan fingerprint density at radius 2 is 2.04 bits per heavy atom. The third kappa shape index (κ3) is 3.92. The maximum absolute atomic E-state index is 13.3. The zero-order chi connectivity index (χ0) is 18.8. The SMILES string of the molecule is Cc1cc(=O)c2cccc(C(=O)N3CCCO[C@@H](CN4CCCC4)C3)c2[nH]1. The molecule has 144 valence electrons. The Morgan fingerprint density at radius 3 is 2.85 bits per heavy atom. The third-order valence-electron chi connectivity index (χ3n) is 5.53. The van der Waals surface area contributed by atoms with E-state index in [-0.39, 0.29) is 17.4 Å². The molecule has 27 heavy (non-hydrogen) atoms. The number of aryl methyl sites for hydroxylation is 1. The molecule has 4 rings (SSSR count). The second-order valence-corrected chi connectivity index (χ2v) is 7.65. The van der Waals surface area contributed by atoms with Crippen LogP contribution in [-0.4, -0.2) is 66.1 Å². The number of para-hydroxylation sites is 1. The number of likely N-dealkylation sites (tertiary alicyclic amines) is 1. The Balaban J connectivity index is 1.59. The number of aromatic nitrogens is 1. The van der Waals surface area contributed by atoms with Crippen LogP contribution in [-0.2, 0) is 4.74 Å². The fourth-order valence-electron chi connectivity index (χ4n) is 4.19. The van der Waals surface area contributed by atoms with Gasteiger partial charge in [-0.1, -0.05) is 6.07 Å². The van der Waals surface area contributed by atoms with Crippen molar-refractivity contribution in [2.75, 3.05) is 39.3 Å². The van der Waals surface area contributed by atoms with Crippen molar-refractivity contribution < 1.29 is 9.53 Å². The average molecular weight is 369 g/mol. The van der Waals surface area contributed by atoms with Gasteiger partial charge in [-0.05, 0) is 51.4 Å². The molecule has 1 N–H and O–H groups in total. The second-order valence-electron chi connectivity index (χ2n) is 7.65. The molecule has 1 aromatic carbocycles. The molecule has 6 nitrogen and oxygen atoms in total. The first kappa shape index (κ1) is 18.2. The van der Waals surface area contributed by atoms with Gasteiger partial charge in [0.25, 0.3) is 5.91 Å². The van der Waals surface area contributed by atoms with Crippen molar-refractivity contribution in [3.8, 4) is 0 Å². The molecular weight excluding hydrogens is 342 g/mol. The van der Waals surface area contributed by atoms with Gasteiger partial charge in [-0.2, -0.15) is 0 Å². The maximum Gasteiger partial charge on any atom is 0.256 e. The Kier molecular flexibility index (Phi) is 5.27. The summed E-state index contributed by atoms with van der Waals surface area (Å²) in [5, 5.41) is 0.561. The van der Waals surface area contributed by atoms with E-state index in [0.29, 0.717) is 36.2 Å². The van der Waals surface area contributed by atoms with Crippen molar-refractivity contribution in [3.63, 3.8) is 0 Å². The van der Waals surface area contributed by atoms with Crippen LogP contribution in [0.1, 0.15) is 35.3 Å². The van der Waals surface area contributed by atoms with Crippen molar-refractivity contribution in [1.82, 2.24) is 14.8 Å². The van der Waals surface area contributed by atoms with E-state index in [4.69, 9.17) is 4.74 Å². The van der Waals surface area contributed by atoms with Gasteiger partial charge in [0.1, 0.15) is 0 Å². The van der Waals surface area contributed by atoms with Crippen LogP contribution in [0.2, 0.25) is 0 Å². The number of rotatable bonds is 3. The fraction of sp³-hybridized carbons (Fsp3) is 0.524. The number of pyridine rings is 1. The lowest BCUT2D eigenvalue weighted by atomic mass is 10.1. The summed E-state index contributed by atoms with van der Waals surface area (Å²) >= 11 is 0.